The topological polar surface area (TPSA) is 93.7 Å². The smallest absolute Gasteiger partial charge is 0.328 e. The SMILES string of the molecule is CCOC(=O)[C@H](CC(C)C)NC(=O)N[C@@H](CC(C)C)C(=O)OCC. The molecular formula is C17H32N2O5. The normalized spacial score (nSPS) is 13.3. The van der Waals surface area contributed by atoms with Crippen molar-refractivity contribution >= 4 is 18.0 Å². The second-order valence-corrected chi connectivity index (χ2v) is 6.49. The van der Waals surface area contributed by atoms with E-state index in [2.05, 4.69) is 10.6 Å². The Balaban J connectivity index is 4.86. The molecule has 0 bridgehead atoms. The highest BCUT2D eigenvalue weighted by Crippen LogP contribution is 2.09. The maximum Gasteiger partial charge on any atom is 0.328 e. The second-order valence-electron chi connectivity index (χ2n) is 6.49. The molecule has 0 aliphatic heterocycles. The lowest BCUT2D eigenvalue weighted by molar-refractivity contribution is -0.146. The van der Waals surface area contributed by atoms with Gasteiger partial charge in [0.05, 0.1) is 13.2 Å². The second kappa shape index (κ2) is 11.7. The number of carbonyl (C=O) groups excluding carboxylic acids is 3. The highest BCUT2D eigenvalue weighted by molar-refractivity contribution is 5.87. The fraction of sp³-hybridized carbons (Fsp3) is 0.824. The molecule has 0 saturated carbocycles. The minimum absolute atomic E-state index is 0.205. The molecule has 0 aromatic heterocycles. The zero-order valence-electron chi connectivity index (χ0n) is 15.7. The van der Waals surface area contributed by atoms with E-state index >= 15 is 0 Å². The number of hydrogen-bond donors (Lipinski definition) is 2. The van der Waals surface area contributed by atoms with Gasteiger partial charge < -0.3 is 20.1 Å². The van der Waals surface area contributed by atoms with Crippen molar-refractivity contribution in [3.8, 4) is 0 Å². The molecule has 0 fully saturated rings. The summed E-state index contributed by atoms with van der Waals surface area (Å²) in [5.41, 5.74) is 0. The molecule has 0 spiro atoms. The van der Waals surface area contributed by atoms with Crippen LogP contribution in [-0.2, 0) is 19.1 Å². The van der Waals surface area contributed by atoms with Crippen LogP contribution in [0.5, 0.6) is 0 Å². The molecule has 7 nitrogen and oxygen atoms in total. The number of esters is 2. The summed E-state index contributed by atoms with van der Waals surface area (Å²) in [6.07, 6.45) is 0.918. The molecule has 0 aliphatic rings. The van der Waals surface area contributed by atoms with E-state index in [-0.39, 0.29) is 25.0 Å². The standard InChI is InChI=1S/C17H32N2O5/c1-7-23-15(20)13(9-11(3)4)18-17(22)19-14(10-12(5)6)16(21)24-8-2/h11-14H,7-10H2,1-6H3,(H2,18,19,22)/t13-,14-/m0/s1. The quantitative estimate of drug-likeness (QED) is 0.593. The van der Waals surface area contributed by atoms with Gasteiger partial charge in [-0.3, -0.25) is 0 Å². The third-order valence-electron chi connectivity index (χ3n) is 3.17. The summed E-state index contributed by atoms with van der Waals surface area (Å²) < 4.78 is 9.98. The number of ether oxygens (including phenoxy) is 2. The predicted molar refractivity (Wildman–Crippen MR) is 91.4 cm³/mol. The van der Waals surface area contributed by atoms with Crippen LogP contribution in [0.4, 0.5) is 4.79 Å². The maximum atomic E-state index is 12.2. The Hall–Kier alpha value is -1.79. The molecule has 0 radical (unpaired) electrons. The summed E-state index contributed by atoms with van der Waals surface area (Å²) in [5, 5.41) is 5.20. The van der Waals surface area contributed by atoms with Gasteiger partial charge in [-0.1, -0.05) is 27.7 Å². The minimum Gasteiger partial charge on any atom is -0.464 e. The monoisotopic (exact) mass is 344 g/mol. The fourth-order valence-corrected chi connectivity index (χ4v) is 2.21. The first-order chi connectivity index (χ1) is 11.2. The van der Waals surface area contributed by atoms with E-state index in [1.165, 1.54) is 0 Å². The van der Waals surface area contributed by atoms with Gasteiger partial charge in [-0.05, 0) is 38.5 Å². The molecule has 0 aliphatic carbocycles. The summed E-state index contributed by atoms with van der Waals surface area (Å²) in [4.78, 5) is 36.1. The molecule has 0 aromatic carbocycles. The Morgan fingerprint density at radius 2 is 1.08 bits per heavy atom. The highest BCUT2D eigenvalue weighted by Gasteiger charge is 2.27. The van der Waals surface area contributed by atoms with Crippen LogP contribution >= 0.6 is 0 Å². The van der Waals surface area contributed by atoms with Crippen molar-refractivity contribution in [1.82, 2.24) is 10.6 Å². The molecule has 24 heavy (non-hydrogen) atoms. The lowest BCUT2D eigenvalue weighted by atomic mass is 10.0. The zero-order chi connectivity index (χ0) is 18.7. The minimum atomic E-state index is -0.744. The first kappa shape index (κ1) is 22.2. The van der Waals surface area contributed by atoms with E-state index < -0.39 is 30.1 Å². The number of carbonyl (C=O) groups is 3. The number of amides is 2. The molecule has 2 atom stereocenters. The van der Waals surface area contributed by atoms with Crippen molar-refractivity contribution in [3.63, 3.8) is 0 Å². The molecule has 0 rings (SSSR count). The van der Waals surface area contributed by atoms with Crippen molar-refractivity contribution in [1.29, 1.82) is 0 Å². The summed E-state index contributed by atoms with van der Waals surface area (Å²) >= 11 is 0. The van der Waals surface area contributed by atoms with E-state index in [1.807, 2.05) is 27.7 Å². The number of rotatable bonds is 10. The molecule has 140 valence electrons. The van der Waals surface area contributed by atoms with Gasteiger partial charge in [-0.25, -0.2) is 14.4 Å². The van der Waals surface area contributed by atoms with Gasteiger partial charge in [0.1, 0.15) is 12.1 Å². The first-order valence-electron chi connectivity index (χ1n) is 8.61. The van der Waals surface area contributed by atoms with Crippen LogP contribution < -0.4 is 10.6 Å². The van der Waals surface area contributed by atoms with E-state index in [0.717, 1.165) is 0 Å². The molecule has 2 amide bonds. The van der Waals surface area contributed by atoms with Crippen LogP contribution in [0.15, 0.2) is 0 Å². The van der Waals surface area contributed by atoms with Gasteiger partial charge in [-0.15, -0.1) is 0 Å². The van der Waals surface area contributed by atoms with Crippen molar-refractivity contribution in [3.05, 3.63) is 0 Å². The van der Waals surface area contributed by atoms with E-state index in [0.29, 0.717) is 12.8 Å². The third kappa shape index (κ3) is 9.37. The predicted octanol–water partition coefficient (Wildman–Crippen LogP) is 2.24. The molecular weight excluding hydrogens is 312 g/mol. The number of urea groups is 1. The lowest BCUT2D eigenvalue weighted by Crippen LogP contribution is -2.52. The van der Waals surface area contributed by atoms with E-state index in [4.69, 9.17) is 9.47 Å². The Labute approximate surface area is 144 Å². The number of hydrogen-bond acceptors (Lipinski definition) is 5. The van der Waals surface area contributed by atoms with E-state index in [1.54, 1.807) is 13.8 Å². The summed E-state index contributed by atoms with van der Waals surface area (Å²) in [6.45, 7) is 11.7. The van der Waals surface area contributed by atoms with Gasteiger partial charge in [0.2, 0.25) is 0 Å². The van der Waals surface area contributed by atoms with Crippen LogP contribution in [0, 0.1) is 11.8 Å². The average Bonchev–Trinajstić information content (AvgIpc) is 2.45. The molecule has 0 saturated heterocycles. The maximum absolute atomic E-state index is 12.2. The van der Waals surface area contributed by atoms with Crippen LogP contribution in [0.3, 0.4) is 0 Å². The first-order valence-corrected chi connectivity index (χ1v) is 8.61. The van der Waals surface area contributed by atoms with Gasteiger partial charge in [0.15, 0.2) is 0 Å². The van der Waals surface area contributed by atoms with Gasteiger partial charge >= 0.3 is 18.0 Å². The van der Waals surface area contributed by atoms with Gasteiger partial charge in [-0.2, -0.15) is 0 Å². The average molecular weight is 344 g/mol. The summed E-state index contributed by atoms with van der Waals surface area (Å²) in [7, 11) is 0. The van der Waals surface area contributed by atoms with Crippen molar-refractivity contribution in [2.24, 2.45) is 11.8 Å². The molecule has 7 heteroatoms. The zero-order valence-corrected chi connectivity index (χ0v) is 15.7. The summed E-state index contributed by atoms with van der Waals surface area (Å²) in [6, 6.07) is -2.06. The van der Waals surface area contributed by atoms with Crippen molar-refractivity contribution < 1.29 is 23.9 Å². The molecule has 2 N–H and O–H groups in total. The fourth-order valence-electron chi connectivity index (χ4n) is 2.21. The highest BCUT2D eigenvalue weighted by atomic mass is 16.5. The Kier molecular flexibility index (Phi) is 10.8. The third-order valence-corrected chi connectivity index (χ3v) is 3.17. The van der Waals surface area contributed by atoms with E-state index in [9.17, 15) is 14.4 Å². The Morgan fingerprint density at radius 1 is 0.750 bits per heavy atom. The Morgan fingerprint density at radius 3 is 1.33 bits per heavy atom. The van der Waals surface area contributed by atoms with Crippen LogP contribution in [0.25, 0.3) is 0 Å². The summed E-state index contributed by atoms with van der Waals surface area (Å²) in [5.74, 6) is -0.539. The molecule has 0 unspecified atom stereocenters. The molecule has 0 heterocycles. The van der Waals surface area contributed by atoms with Crippen LogP contribution in [0.1, 0.15) is 54.4 Å². The van der Waals surface area contributed by atoms with Gasteiger partial charge in [0.25, 0.3) is 0 Å². The largest absolute Gasteiger partial charge is 0.464 e. The van der Waals surface area contributed by atoms with Crippen molar-refractivity contribution in [2.75, 3.05) is 13.2 Å². The lowest BCUT2D eigenvalue weighted by Gasteiger charge is -2.22. The molecule has 0 aromatic rings. The van der Waals surface area contributed by atoms with Crippen LogP contribution in [-0.4, -0.2) is 43.3 Å². The Bertz CT molecular complexity index is 374. The van der Waals surface area contributed by atoms with Crippen LogP contribution in [0.2, 0.25) is 0 Å². The van der Waals surface area contributed by atoms with Gasteiger partial charge in [0, 0.05) is 0 Å². The number of nitrogens with one attached hydrogen (secondary N) is 2. The van der Waals surface area contributed by atoms with Crippen molar-refractivity contribution in [2.45, 2.75) is 66.5 Å².